The maximum Gasteiger partial charge on any atom is 0.0489 e. The average molecular weight is 312 g/mol. The van der Waals surface area contributed by atoms with Crippen LogP contribution in [-0.2, 0) is 0 Å². The van der Waals surface area contributed by atoms with Gasteiger partial charge in [0.05, 0.1) is 0 Å². The maximum absolute atomic E-state index is 3.65. The molecule has 0 aliphatic heterocycles. The number of rotatable bonds is 8. The molecule has 0 fully saturated rings. The molecule has 0 aromatic heterocycles. The van der Waals surface area contributed by atoms with Crippen LogP contribution in [0.25, 0.3) is 0 Å². The molecule has 18 heavy (non-hydrogen) atoms. The number of hydrogen-bond acceptors (Lipinski definition) is 1. The molecule has 0 saturated carbocycles. The molecule has 1 unspecified atom stereocenters. The van der Waals surface area contributed by atoms with Crippen molar-refractivity contribution in [2.45, 2.75) is 65.3 Å². The van der Waals surface area contributed by atoms with Crippen LogP contribution in [0.4, 0.5) is 5.69 Å². The zero-order chi connectivity index (χ0) is 13.4. The predicted molar refractivity (Wildman–Crippen MR) is 85.3 cm³/mol. The van der Waals surface area contributed by atoms with Gasteiger partial charge < -0.3 is 5.32 Å². The molecule has 1 N–H and O–H groups in total. The highest BCUT2D eigenvalue weighted by Crippen LogP contribution is 2.26. The molecule has 0 saturated heterocycles. The minimum absolute atomic E-state index is 0.546. The highest BCUT2D eigenvalue weighted by molar-refractivity contribution is 9.10. The molecule has 0 aliphatic rings. The second-order valence-corrected chi connectivity index (χ2v) is 5.98. The van der Waals surface area contributed by atoms with E-state index in [1.54, 1.807) is 0 Å². The van der Waals surface area contributed by atoms with Crippen molar-refractivity contribution in [1.82, 2.24) is 0 Å². The third kappa shape index (κ3) is 5.43. The van der Waals surface area contributed by atoms with Gasteiger partial charge in [0.25, 0.3) is 0 Å². The van der Waals surface area contributed by atoms with E-state index >= 15 is 0 Å². The number of hydrogen-bond donors (Lipinski definition) is 1. The third-order valence-electron chi connectivity index (χ3n) is 3.33. The smallest absolute Gasteiger partial charge is 0.0489 e. The molecule has 2 heteroatoms. The lowest BCUT2D eigenvalue weighted by Crippen LogP contribution is -2.15. The summed E-state index contributed by atoms with van der Waals surface area (Å²) in [5.74, 6) is 0. The van der Waals surface area contributed by atoms with Gasteiger partial charge in [-0.25, -0.2) is 0 Å². The van der Waals surface area contributed by atoms with Crippen molar-refractivity contribution in [3.05, 3.63) is 28.2 Å². The Morgan fingerprint density at radius 1 is 1.17 bits per heavy atom. The lowest BCUT2D eigenvalue weighted by molar-refractivity contribution is 0.578. The fourth-order valence-electron chi connectivity index (χ4n) is 2.15. The first kappa shape index (κ1) is 15.6. The molecular weight excluding hydrogens is 286 g/mol. The predicted octanol–water partition coefficient (Wildman–Crippen LogP) is 5.92. The number of benzene rings is 1. The Bertz CT molecular complexity index is 349. The van der Waals surface area contributed by atoms with Crippen molar-refractivity contribution in [3.8, 4) is 0 Å². The van der Waals surface area contributed by atoms with Gasteiger partial charge in [0.1, 0.15) is 0 Å². The highest BCUT2D eigenvalue weighted by atomic mass is 79.9. The Kier molecular flexibility index (Phi) is 7.41. The van der Waals surface area contributed by atoms with E-state index in [4.69, 9.17) is 0 Å². The molecule has 0 heterocycles. The van der Waals surface area contributed by atoms with Gasteiger partial charge in [-0.1, -0.05) is 51.2 Å². The summed E-state index contributed by atoms with van der Waals surface area (Å²) in [6, 6.07) is 6.93. The first-order chi connectivity index (χ1) is 8.65. The second kappa shape index (κ2) is 8.58. The molecule has 1 atom stereocenters. The summed E-state index contributed by atoms with van der Waals surface area (Å²) >= 11 is 3.65. The van der Waals surface area contributed by atoms with Gasteiger partial charge >= 0.3 is 0 Å². The van der Waals surface area contributed by atoms with Gasteiger partial charge in [0.2, 0.25) is 0 Å². The summed E-state index contributed by atoms with van der Waals surface area (Å²) in [6.07, 6.45) is 8.04. The topological polar surface area (TPSA) is 12.0 Å². The molecule has 1 nitrogen and oxygen atoms in total. The first-order valence-electron chi connectivity index (χ1n) is 7.16. The number of halogens is 1. The summed E-state index contributed by atoms with van der Waals surface area (Å²) in [7, 11) is 0. The third-order valence-corrected chi connectivity index (χ3v) is 4.39. The van der Waals surface area contributed by atoms with Crippen LogP contribution in [0.15, 0.2) is 22.7 Å². The van der Waals surface area contributed by atoms with Crippen molar-refractivity contribution in [3.63, 3.8) is 0 Å². The number of unbranched alkanes of at least 4 members (excludes halogenated alkanes) is 4. The Morgan fingerprint density at radius 2 is 1.89 bits per heavy atom. The minimum atomic E-state index is 0.546. The van der Waals surface area contributed by atoms with E-state index in [9.17, 15) is 0 Å². The van der Waals surface area contributed by atoms with Crippen molar-refractivity contribution in [2.24, 2.45) is 0 Å². The van der Waals surface area contributed by atoms with Gasteiger partial charge in [-0.3, -0.25) is 0 Å². The van der Waals surface area contributed by atoms with Crippen LogP contribution < -0.4 is 5.32 Å². The molecule has 1 rings (SSSR count). The van der Waals surface area contributed by atoms with E-state index < -0.39 is 0 Å². The van der Waals surface area contributed by atoms with Crippen molar-refractivity contribution in [1.29, 1.82) is 0 Å². The molecule has 0 bridgehead atoms. The standard InChI is InChI=1S/C16H26BrN/c1-4-5-6-7-8-11-14(3)18-15-12-9-10-13(2)16(15)17/h9-10,12,14,18H,4-8,11H2,1-3H3. The van der Waals surface area contributed by atoms with Gasteiger partial charge in [0, 0.05) is 16.2 Å². The van der Waals surface area contributed by atoms with E-state index in [1.165, 1.54) is 54.2 Å². The first-order valence-corrected chi connectivity index (χ1v) is 7.96. The average Bonchev–Trinajstić information content (AvgIpc) is 2.35. The van der Waals surface area contributed by atoms with Crippen LogP contribution in [0.3, 0.4) is 0 Å². The molecular formula is C16H26BrN. The van der Waals surface area contributed by atoms with Crippen LogP contribution >= 0.6 is 15.9 Å². The molecule has 0 amide bonds. The lowest BCUT2D eigenvalue weighted by atomic mass is 10.1. The normalized spacial score (nSPS) is 12.4. The molecule has 0 radical (unpaired) electrons. The van der Waals surface area contributed by atoms with Crippen LogP contribution in [0.2, 0.25) is 0 Å². The Morgan fingerprint density at radius 3 is 2.61 bits per heavy atom. The number of aryl methyl sites for hydroxylation is 1. The molecule has 0 aliphatic carbocycles. The van der Waals surface area contributed by atoms with Crippen LogP contribution in [-0.4, -0.2) is 6.04 Å². The van der Waals surface area contributed by atoms with Gasteiger partial charge in [-0.05, 0) is 47.8 Å². The van der Waals surface area contributed by atoms with E-state index in [-0.39, 0.29) is 0 Å². The summed E-state index contributed by atoms with van der Waals surface area (Å²) < 4.78 is 1.20. The van der Waals surface area contributed by atoms with Crippen LogP contribution in [0.1, 0.15) is 57.9 Å². The maximum atomic E-state index is 3.65. The summed E-state index contributed by atoms with van der Waals surface area (Å²) in [5.41, 5.74) is 2.51. The molecule has 0 spiro atoms. The van der Waals surface area contributed by atoms with Crippen molar-refractivity contribution in [2.75, 3.05) is 5.32 Å². The summed E-state index contributed by atoms with van der Waals surface area (Å²) in [6.45, 7) is 6.67. The van der Waals surface area contributed by atoms with Crippen molar-refractivity contribution < 1.29 is 0 Å². The summed E-state index contributed by atoms with van der Waals surface area (Å²) in [5, 5.41) is 3.60. The molecule has 1 aromatic rings. The van der Waals surface area contributed by atoms with E-state index in [1.807, 2.05) is 0 Å². The van der Waals surface area contributed by atoms with Gasteiger partial charge in [-0.15, -0.1) is 0 Å². The lowest BCUT2D eigenvalue weighted by Gasteiger charge is -2.17. The van der Waals surface area contributed by atoms with E-state index in [0.717, 1.165) is 0 Å². The van der Waals surface area contributed by atoms with Gasteiger partial charge in [-0.2, -0.15) is 0 Å². The summed E-state index contributed by atoms with van der Waals surface area (Å²) in [4.78, 5) is 0. The number of anilines is 1. The monoisotopic (exact) mass is 311 g/mol. The fourth-order valence-corrected chi connectivity index (χ4v) is 2.53. The van der Waals surface area contributed by atoms with Gasteiger partial charge in [0.15, 0.2) is 0 Å². The van der Waals surface area contributed by atoms with Crippen molar-refractivity contribution >= 4 is 21.6 Å². The zero-order valence-electron chi connectivity index (χ0n) is 11.9. The second-order valence-electron chi connectivity index (χ2n) is 5.18. The Labute approximate surface area is 120 Å². The van der Waals surface area contributed by atoms with Crippen LogP contribution in [0.5, 0.6) is 0 Å². The highest BCUT2D eigenvalue weighted by Gasteiger charge is 2.06. The molecule has 102 valence electrons. The zero-order valence-corrected chi connectivity index (χ0v) is 13.5. The molecule has 1 aromatic carbocycles. The SMILES string of the molecule is CCCCCCCC(C)Nc1cccc(C)c1Br. The Hall–Kier alpha value is -0.500. The Balaban J connectivity index is 2.31. The van der Waals surface area contributed by atoms with E-state index in [0.29, 0.717) is 6.04 Å². The van der Waals surface area contributed by atoms with E-state index in [2.05, 4.69) is 60.2 Å². The number of nitrogens with one attached hydrogen (secondary N) is 1. The minimum Gasteiger partial charge on any atom is -0.382 e. The quantitative estimate of drug-likeness (QED) is 0.588. The fraction of sp³-hybridized carbons (Fsp3) is 0.625. The van der Waals surface area contributed by atoms with Crippen LogP contribution in [0, 0.1) is 6.92 Å². The largest absolute Gasteiger partial charge is 0.382 e.